The molecule has 3 aromatic rings. The first-order valence-electron chi connectivity index (χ1n) is 8.21. The molecule has 27 heavy (non-hydrogen) atoms. The minimum atomic E-state index is -3.59. The van der Waals surface area contributed by atoms with Gasteiger partial charge in [0, 0.05) is 17.0 Å². The van der Waals surface area contributed by atoms with Crippen LogP contribution in [0.2, 0.25) is 0 Å². The Morgan fingerprint density at radius 1 is 1.15 bits per heavy atom. The van der Waals surface area contributed by atoms with E-state index in [1.807, 2.05) is 19.1 Å². The lowest BCUT2D eigenvalue weighted by molar-refractivity contribution is 0.102. The number of benzene rings is 1. The first kappa shape index (κ1) is 19.3. The van der Waals surface area contributed by atoms with E-state index in [0.717, 1.165) is 5.76 Å². The normalized spacial score (nSPS) is 11.7. The van der Waals surface area contributed by atoms with Gasteiger partial charge >= 0.3 is 0 Å². The minimum absolute atomic E-state index is 0.109. The average Bonchev–Trinajstić information content (AvgIpc) is 3.22. The van der Waals surface area contributed by atoms with Crippen LogP contribution in [0.4, 0.5) is 5.13 Å². The van der Waals surface area contributed by atoms with Crippen LogP contribution in [0.5, 0.6) is 0 Å². The molecule has 0 aliphatic rings. The Morgan fingerprint density at radius 2 is 1.85 bits per heavy atom. The fourth-order valence-electron chi connectivity index (χ4n) is 2.35. The largest absolute Gasteiger partial charge is 0.460 e. The summed E-state index contributed by atoms with van der Waals surface area (Å²) in [5.74, 6) is 1.05. The van der Waals surface area contributed by atoms with Crippen molar-refractivity contribution in [2.45, 2.75) is 31.7 Å². The van der Waals surface area contributed by atoms with E-state index < -0.39 is 10.0 Å². The second-order valence-corrected chi connectivity index (χ2v) is 8.77. The molecule has 0 fully saturated rings. The Bertz CT molecular complexity index is 1050. The molecule has 0 aliphatic heterocycles. The summed E-state index contributed by atoms with van der Waals surface area (Å²) in [4.78, 5) is 16.8. The first-order chi connectivity index (χ1) is 12.7. The summed E-state index contributed by atoms with van der Waals surface area (Å²) < 4.78 is 32.3. The van der Waals surface area contributed by atoms with E-state index >= 15 is 0 Å². The van der Waals surface area contributed by atoms with Crippen LogP contribution in [0.3, 0.4) is 0 Å². The molecule has 7 nitrogen and oxygen atoms in total. The molecular formula is C18H19N3O4S2. The van der Waals surface area contributed by atoms with Crippen LogP contribution in [0.15, 0.2) is 51.1 Å². The number of furan rings is 1. The van der Waals surface area contributed by atoms with Crippen molar-refractivity contribution < 1.29 is 17.6 Å². The first-order valence-corrected chi connectivity index (χ1v) is 10.6. The molecule has 9 heteroatoms. The third kappa shape index (κ3) is 4.62. The highest BCUT2D eigenvalue weighted by molar-refractivity contribution is 7.89. The van der Waals surface area contributed by atoms with Crippen molar-refractivity contribution in [2.24, 2.45) is 0 Å². The van der Waals surface area contributed by atoms with Crippen molar-refractivity contribution in [2.75, 3.05) is 5.32 Å². The number of carbonyl (C=O) groups is 1. The van der Waals surface area contributed by atoms with Crippen molar-refractivity contribution in [3.8, 4) is 11.5 Å². The fourth-order valence-corrected chi connectivity index (χ4v) is 4.30. The number of hydrogen-bond acceptors (Lipinski definition) is 6. The lowest BCUT2D eigenvalue weighted by Gasteiger charge is -2.10. The van der Waals surface area contributed by atoms with Crippen LogP contribution in [-0.2, 0) is 10.0 Å². The number of hydrogen-bond donors (Lipinski definition) is 2. The van der Waals surface area contributed by atoms with Crippen molar-refractivity contribution in [1.29, 1.82) is 0 Å². The fraction of sp³-hybridized carbons (Fsp3) is 0.222. The smallest absolute Gasteiger partial charge is 0.257 e. The van der Waals surface area contributed by atoms with Crippen LogP contribution in [0, 0.1) is 6.92 Å². The molecule has 3 rings (SSSR count). The zero-order chi connectivity index (χ0) is 19.6. The summed E-state index contributed by atoms with van der Waals surface area (Å²) in [6.07, 6.45) is 0. The van der Waals surface area contributed by atoms with Gasteiger partial charge in [-0.15, -0.1) is 11.3 Å². The lowest BCUT2D eigenvalue weighted by atomic mass is 10.2. The number of anilines is 1. The molecule has 1 amide bonds. The summed E-state index contributed by atoms with van der Waals surface area (Å²) in [7, 11) is -3.59. The van der Waals surface area contributed by atoms with Gasteiger partial charge in [0.2, 0.25) is 10.0 Å². The molecule has 0 spiro atoms. The van der Waals surface area contributed by atoms with E-state index in [4.69, 9.17) is 4.42 Å². The van der Waals surface area contributed by atoms with Crippen LogP contribution >= 0.6 is 11.3 Å². The Balaban J connectivity index is 1.71. The average molecular weight is 406 g/mol. The van der Waals surface area contributed by atoms with E-state index in [2.05, 4.69) is 15.0 Å². The van der Waals surface area contributed by atoms with Crippen LogP contribution in [0.1, 0.15) is 30.0 Å². The second kappa shape index (κ2) is 7.63. The number of aryl methyl sites for hydroxylation is 1. The third-order valence-electron chi connectivity index (χ3n) is 3.54. The Hall–Kier alpha value is -2.49. The number of nitrogens with zero attached hydrogens (tertiary/aromatic N) is 1. The topological polar surface area (TPSA) is 101 Å². The standard InChI is InChI=1S/C18H19N3O4S2/c1-11(2)21-27(23,24)14-7-5-13(6-8-14)17(22)20-18-19-15(10-26-18)16-9-4-12(3)25-16/h4-11,21H,1-3H3,(H,19,20,22). The second-order valence-electron chi connectivity index (χ2n) is 6.20. The summed E-state index contributed by atoms with van der Waals surface area (Å²) in [6.45, 7) is 5.33. The van der Waals surface area contributed by atoms with E-state index in [1.54, 1.807) is 19.2 Å². The quantitative estimate of drug-likeness (QED) is 0.652. The molecule has 2 N–H and O–H groups in total. The van der Waals surface area contributed by atoms with Gasteiger partial charge in [0.25, 0.3) is 5.91 Å². The predicted molar refractivity (Wildman–Crippen MR) is 104 cm³/mol. The van der Waals surface area contributed by atoms with E-state index in [0.29, 0.717) is 22.1 Å². The zero-order valence-corrected chi connectivity index (χ0v) is 16.6. The molecular weight excluding hydrogens is 386 g/mol. The molecule has 0 saturated carbocycles. The Labute approximate surface area is 161 Å². The number of amides is 1. The van der Waals surface area contributed by atoms with Gasteiger partial charge in [0.05, 0.1) is 4.90 Å². The number of nitrogens with one attached hydrogen (secondary N) is 2. The highest BCUT2D eigenvalue weighted by Gasteiger charge is 2.17. The lowest BCUT2D eigenvalue weighted by Crippen LogP contribution is -2.30. The SMILES string of the molecule is Cc1ccc(-c2csc(NC(=O)c3ccc(S(=O)(=O)NC(C)C)cc3)n2)o1. The molecule has 0 bridgehead atoms. The number of rotatable bonds is 6. The van der Waals surface area contributed by atoms with Gasteiger partial charge in [-0.25, -0.2) is 18.1 Å². The molecule has 0 saturated heterocycles. The summed E-state index contributed by atoms with van der Waals surface area (Å²) >= 11 is 1.28. The highest BCUT2D eigenvalue weighted by Crippen LogP contribution is 2.26. The third-order valence-corrected chi connectivity index (χ3v) is 5.97. The molecule has 142 valence electrons. The number of thiazole rings is 1. The molecule has 1 aromatic carbocycles. The summed E-state index contributed by atoms with van der Waals surface area (Å²) in [6, 6.07) is 9.19. The maximum atomic E-state index is 12.4. The van der Waals surface area contributed by atoms with Crippen LogP contribution in [-0.4, -0.2) is 25.4 Å². The monoisotopic (exact) mass is 405 g/mol. The van der Waals surface area contributed by atoms with Gasteiger partial charge in [0.1, 0.15) is 11.5 Å². The van der Waals surface area contributed by atoms with Gasteiger partial charge in [-0.05, 0) is 57.2 Å². The van der Waals surface area contributed by atoms with Crippen LogP contribution < -0.4 is 10.0 Å². The molecule has 2 heterocycles. The Morgan fingerprint density at radius 3 is 2.44 bits per heavy atom. The summed E-state index contributed by atoms with van der Waals surface area (Å²) in [5.41, 5.74) is 0.980. The van der Waals surface area contributed by atoms with E-state index in [9.17, 15) is 13.2 Å². The molecule has 0 unspecified atom stereocenters. The number of carbonyl (C=O) groups excluding carboxylic acids is 1. The van der Waals surface area contributed by atoms with Crippen molar-refractivity contribution >= 4 is 32.4 Å². The van der Waals surface area contributed by atoms with Gasteiger partial charge < -0.3 is 4.42 Å². The molecule has 0 aliphatic carbocycles. The number of aromatic nitrogens is 1. The number of sulfonamides is 1. The zero-order valence-electron chi connectivity index (χ0n) is 15.0. The summed E-state index contributed by atoms with van der Waals surface area (Å²) in [5, 5.41) is 4.93. The van der Waals surface area contributed by atoms with Crippen molar-refractivity contribution in [3.63, 3.8) is 0 Å². The van der Waals surface area contributed by atoms with Gasteiger partial charge in [0.15, 0.2) is 10.9 Å². The highest BCUT2D eigenvalue weighted by atomic mass is 32.2. The van der Waals surface area contributed by atoms with Gasteiger partial charge in [-0.3, -0.25) is 10.1 Å². The maximum absolute atomic E-state index is 12.4. The van der Waals surface area contributed by atoms with E-state index in [1.165, 1.54) is 35.6 Å². The van der Waals surface area contributed by atoms with Gasteiger partial charge in [-0.1, -0.05) is 0 Å². The molecule has 2 aromatic heterocycles. The Kier molecular flexibility index (Phi) is 5.45. The minimum Gasteiger partial charge on any atom is -0.460 e. The predicted octanol–water partition coefficient (Wildman–Crippen LogP) is 3.65. The molecule has 0 atom stereocenters. The van der Waals surface area contributed by atoms with Gasteiger partial charge in [-0.2, -0.15) is 0 Å². The maximum Gasteiger partial charge on any atom is 0.257 e. The van der Waals surface area contributed by atoms with E-state index in [-0.39, 0.29) is 16.8 Å². The van der Waals surface area contributed by atoms with Crippen molar-refractivity contribution in [1.82, 2.24) is 9.71 Å². The van der Waals surface area contributed by atoms with Crippen LogP contribution in [0.25, 0.3) is 11.5 Å². The van der Waals surface area contributed by atoms with Crippen molar-refractivity contribution in [3.05, 3.63) is 53.1 Å². The molecule has 0 radical (unpaired) electrons.